The van der Waals surface area contributed by atoms with Gasteiger partial charge in [0.1, 0.15) is 5.60 Å². The fraction of sp³-hybridized carbons (Fsp3) is 0.882. The molecule has 0 unspecified atom stereocenters. The van der Waals surface area contributed by atoms with Crippen molar-refractivity contribution in [3.8, 4) is 0 Å². The maximum absolute atomic E-state index is 12.3. The van der Waals surface area contributed by atoms with Crippen molar-refractivity contribution < 1.29 is 23.8 Å². The molecular formula is C17H31N3O5. The van der Waals surface area contributed by atoms with E-state index in [4.69, 9.17) is 14.2 Å². The number of hydrogen-bond acceptors (Lipinski definition) is 5. The van der Waals surface area contributed by atoms with Gasteiger partial charge in [0.25, 0.3) is 0 Å². The van der Waals surface area contributed by atoms with Crippen molar-refractivity contribution in [3.63, 3.8) is 0 Å². The Bertz CT molecular complexity index is 446. The first-order valence-electron chi connectivity index (χ1n) is 9.06. The molecule has 2 N–H and O–H groups in total. The van der Waals surface area contributed by atoms with Gasteiger partial charge in [0.15, 0.2) is 0 Å². The molecule has 2 rings (SSSR count). The van der Waals surface area contributed by atoms with Crippen molar-refractivity contribution in [2.45, 2.75) is 57.8 Å². The fourth-order valence-corrected chi connectivity index (χ4v) is 2.91. The number of amides is 3. The van der Waals surface area contributed by atoms with Crippen LogP contribution in [-0.4, -0.2) is 74.2 Å². The molecule has 144 valence electrons. The average Bonchev–Trinajstić information content (AvgIpc) is 2.58. The van der Waals surface area contributed by atoms with Crippen molar-refractivity contribution in [1.29, 1.82) is 0 Å². The highest BCUT2D eigenvalue weighted by Crippen LogP contribution is 2.20. The van der Waals surface area contributed by atoms with E-state index < -0.39 is 5.60 Å². The number of nitrogens with zero attached hydrogens (tertiary/aromatic N) is 1. The van der Waals surface area contributed by atoms with Crippen LogP contribution in [0.2, 0.25) is 0 Å². The third-order valence-electron chi connectivity index (χ3n) is 4.13. The Hall–Kier alpha value is -1.54. The van der Waals surface area contributed by atoms with Crippen LogP contribution in [0, 0.1) is 0 Å². The van der Waals surface area contributed by atoms with E-state index in [0.717, 1.165) is 19.3 Å². The maximum atomic E-state index is 12.3. The second kappa shape index (κ2) is 9.24. The van der Waals surface area contributed by atoms with Gasteiger partial charge in [0, 0.05) is 19.6 Å². The minimum absolute atomic E-state index is 0.0383. The molecule has 0 aromatic carbocycles. The van der Waals surface area contributed by atoms with E-state index in [1.807, 2.05) is 20.8 Å². The summed E-state index contributed by atoms with van der Waals surface area (Å²) >= 11 is 0. The van der Waals surface area contributed by atoms with Gasteiger partial charge in [-0.15, -0.1) is 0 Å². The van der Waals surface area contributed by atoms with E-state index in [1.165, 1.54) is 0 Å². The highest BCUT2D eigenvalue weighted by Gasteiger charge is 2.30. The first-order chi connectivity index (χ1) is 11.8. The van der Waals surface area contributed by atoms with E-state index in [2.05, 4.69) is 10.6 Å². The molecule has 0 saturated carbocycles. The SMILES string of the molecule is CC(C)(C)OC(=O)N1CCCC[C@@H]1CNC(=O)NC[C@@H]1COCCO1. The summed E-state index contributed by atoms with van der Waals surface area (Å²) in [7, 11) is 0. The zero-order valence-corrected chi connectivity index (χ0v) is 15.5. The lowest BCUT2D eigenvalue weighted by Gasteiger charge is -2.36. The van der Waals surface area contributed by atoms with E-state index in [9.17, 15) is 9.59 Å². The number of urea groups is 1. The van der Waals surface area contributed by atoms with Crippen molar-refractivity contribution in [2.24, 2.45) is 0 Å². The quantitative estimate of drug-likeness (QED) is 0.796. The Balaban J connectivity index is 1.74. The minimum Gasteiger partial charge on any atom is -0.444 e. The van der Waals surface area contributed by atoms with Crippen molar-refractivity contribution in [2.75, 3.05) is 39.5 Å². The number of carbonyl (C=O) groups is 2. The first kappa shape index (κ1) is 19.8. The van der Waals surface area contributed by atoms with Gasteiger partial charge in [0.05, 0.1) is 32.0 Å². The lowest BCUT2D eigenvalue weighted by Crippen LogP contribution is -2.52. The first-order valence-corrected chi connectivity index (χ1v) is 9.06. The van der Waals surface area contributed by atoms with Crippen LogP contribution < -0.4 is 10.6 Å². The summed E-state index contributed by atoms with van der Waals surface area (Å²) in [5.74, 6) is 0. The Morgan fingerprint density at radius 1 is 1.16 bits per heavy atom. The number of rotatable bonds is 4. The number of nitrogens with one attached hydrogen (secondary N) is 2. The van der Waals surface area contributed by atoms with Gasteiger partial charge in [-0.1, -0.05) is 0 Å². The van der Waals surface area contributed by atoms with Crippen molar-refractivity contribution in [3.05, 3.63) is 0 Å². The molecular weight excluding hydrogens is 326 g/mol. The standard InChI is InChI=1S/C17H31N3O5/c1-17(2,3)25-16(22)20-7-5-4-6-13(20)10-18-15(21)19-11-14-12-23-8-9-24-14/h13-14H,4-12H2,1-3H3,(H2,18,19,21)/t13-,14-/m1/s1. The topological polar surface area (TPSA) is 89.1 Å². The highest BCUT2D eigenvalue weighted by molar-refractivity contribution is 5.74. The van der Waals surface area contributed by atoms with Crippen LogP contribution in [0.3, 0.4) is 0 Å². The van der Waals surface area contributed by atoms with Crippen LogP contribution in [0.4, 0.5) is 9.59 Å². The van der Waals surface area contributed by atoms with Crippen molar-refractivity contribution >= 4 is 12.1 Å². The largest absolute Gasteiger partial charge is 0.444 e. The summed E-state index contributed by atoms with van der Waals surface area (Å²) < 4.78 is 16.2. The van der Waals surface area contributed by atoms with Crippen LogP contribution >= 0.6 is 0 Å². The highest BCUT2D eigenvalue weighted by atomic mass is 16.6. The summed E-state index contributed by atoms with van der Waals surface area (Å²) in [5, 5.41) is 5.63. The van der Waals surface area contributed by atoms with Crippen LogP contribution in [0.15, 0.2) is 0 Å². The zero-order chi connectivity index (χ0) is 18.3. The smallest absolute Gasteiger partial charge is 0.410 e. The zero-order valence-electron chi connectivity index (χ0n) is 15.5. The number of piperidine rings is 1. The maximum Gasteiger partial charge on any atom is 0.410 e. The fourth-order valence-electron chi connectivity index (χ4n) is 2.91. The van der Waals surface area contributed by atoms with Crippen molar-refractivity contribution in [1.82, 2.24) is 15.5 Å². The summed E-state index contributed by atoms with van der Waals surface area (Å²) in [6, 6.07) is -0.299. The number of carbonyl (C=O) groups excluding carboxylic acids is 2. The van der Waals surface area contributed by atoms with E-state index in [0.29, 0.717) is 39.5 Å². The molecule has 0 aliphatic carbocycles. The number of hydrogen-bond donors (Lipinski definition) is 2. The predicted octanol–water partition coefficient (Wildman–Crippen LogP) is 1.49. The lowest BCUT2D eigenvalue weighted by molar-refractivity contribution is -0.0853. The van der Waals surface area contributed by atoms with E-state index in [-0.39, 0.29) is 24.3 Å². The molecule has 0 bridgehead atoms. The molecule has 0 radical (unpaired) electrons. The lowest BCUT2D eigenvalue weighted by atomic mass is 10.0. The number of ether oxygens (including phenoxy) is 3. The molecule has 2 aliphatic rings. The van der Waals surface area contributed by atoms with Gasteiger partial charge in [-0.25, -0.2) is 9.59 Å². The van der Waals surface area contributed by atoms with Crippen LogP contribution in [0.5, 0.6) is 0 Å². The normalized spacial score (nSPS) is 24.5. The molecule has 8 nitrogen and oxygen atoms in total. The summed E-state index contributed by atoms with van der Waals surface area (Å²) in [6.45, 7) is 8.70. The molecule has 2 aliphatic heterocycles. The third-order valence-corrected chi connectivity index (χ3v) is 4.13. The Kier molecular flexibility index (Phi) is 7.31. The molecule has 0 aromatic rings. The minimum atomic E-state index is -0.522. The molecule has 3 amide bonds. The summed E-state index contributed by atoms with van der Waals surface area (Å²) in [4.78, 5) is 26.1. The van der Waals surface area contributed by atoms with E-state index >= 15 is 0 Å². The molecule has 0 aromatic heterocycles. The summed E-state index contributed by atoms with van der Waals surface area (Å²) in [5.41, 5.74) is -0.522. The predicted molar refractivity (Wildman–Crippen MR) is 92.5 cm³/mol. The molecule has 2 atom stereocenters. The molecule has 8 heteroatoms. The van der Waals surface area contributed by atoms with Gasteiger partial charge >= 0.3 is 12.1 Å². The van der Waals surface area contributed by atoms with Crippen LogP contribution in [0.25, 0.3) is 0 Å². The van der Waals surface area contributed by atoms with Crippen LogP contribution in [-0.2, 0) is 14.2 Å². The second-order valence-electron chi connectivity index (χ2n) is 7.48. The Labute approximate surface area is 149 Å². The molecule has 0 spiro atoms. The van der Waals surface area contributed by atoms with Gasteiger partial charge in [-0.2, -0.15) is 0 Å². The number of likely N-dealkylation sites (tertiary alicyclic amines) is 1. The monoisotopic (exact) mass is 357 g/mol. The van der Waals surface area contributed by atoms with Gasteiger partial charge < -0.3 is 29.7 Å². The molecule has 2 fully saturated rings. The van der Waals surface area contributed by atoms with E-state index in [1.54, 1.807) is 4.90 Å². The van der Waals surface area contributed by atoms with Crippen LogP contribution in [0.1, 0.15) is 40.0 Å². The van der Waals surface area contributed by atoms with Gasteiger partial charge in [-0.05, 0) is 40.0 Å². The summed E-state index contributed by atoms with van der Waals surface area (Å²) in [6.07, 6.45) is 2.44. The molecule has 2 heterocycles. The molecule has 2 saturated heterocycles. The third kappa shape index (κ3) is 7.07. The Morgan fingerprint density at radius 2 is 1.92 bits per heavy atom. The Morgan fingerprint density at radius 3 is 2.60 bits per heavy atom. The van der Waals surface area contributed by atoms with Gasteiger partial charge in [-0.3, -0.25) is 0 Å². The average molecular weight is 357 g/mol. The molecule has 25 heavy (non-hydrogen) atoms. The second-order valence-corrected chi connectivity index (χ2v) is 7.48. The van der Waals surface area contributed by atoms with Gasteiger partial charge in [0.2, 0.25) is 0 Å².